The van der Waals surface area contributed by atoms with Gasteiger partial charge in [0.2, 0.25) is 11.0 Å². The topological polar surface area (TPSA) is 61.4 Å². The SMILES string of the molecule is CCN1CCN(C(=O)[C@@H](C)Sc2nnc(Nc3cccc(Cl)c3)s2)CC1. The minimum atomic E-state index is -0.171. The second kappa shape index (κ2) is 9.03. The van der Waals surface area contributed by atoms with Gasteiger partial charge in [-0.3, -0.25) is 4.79 Å². The highest BCUT2D eigenvalue weighted by atomic mass is 35.5. The number of hydrogen-bond donors (Lipinski definition) is 1. The van der Waals surface area contributed by atoms with Crippen LogP contribution in [0.25, 0.3) is 0 Å². The molecular formula is C17H22ClN5OS2. The van der Waals surface area contributed by atoms with Crippen LogP contribution in [0.5, 0.6) is 0 Å². The van der Waals surface area contributed by atoms with Crippen molar-refractivity contribution < 1.29 is 4.79 Å². The maximum Gasteiger partial charge on any atom is 0.235 e. The van der Waals surface area contributed by atoms with E-state index in [0.717, 1.165) is 42.8 Å². The first kappa shape index (κ1) is 19.4. The molecule has 1 fully saturated rings. The second-order valence-corrected chi connectivity index (χ2v) is 9.03. The van der Waals surface area contributed by atoms with Crippen molar-refractivity contribution in [1.82, 2.24) is 20.0 Å². The highest BCUT2D eigenvalue weighted by Crippen LogP contribution is 2.31. The van der Waals surface area contributed by atoms with E-state index in [2.05, 4.69) is 27.3 Å². The number of thioether (sulfide) groups is 1. The first-order valence-electron chi connectivity index (χ1n) is 8.59. The lowest BCUT2D eigenvalue weighted by Gasteiger charge is -2.35. The summed E-state index contributed by atoms with van der Waals surface area (Å²) in [6.07, 6.45) is 0. The number of aromatic nitrogens is 2. The zero-order valence-corrected chi connectivity index (χ0v) is 17.2. The molecule has 6 nitrogen and oxygen atoms in total. The summed E-state index contributed by atoms with van der Waals surface area (Å²) in [6.45, 7) is 8.63. The molecule has 9 heteroatoms. The van der Waals surface area contributed by atoms with Crippen LogP contribution < -0.4 is 5.32 Å². The Morgan fingerprint density at radius 1 is 1.35 bits per heavy atom. The van der Waals surface area contributed by atoms with Crippen molar-refractivity contribution in [3.05, 3.63) is 29.3 Å². The minimum Gasteiger partial charge on any atom is -0.339 e. The number of piperazine rings is 1. The summed E-state index contributed by atoms with van der Waals surface area (Å²) >= 11 is 8.89. The molecule has 1 aromatic heterocycles. The number of benzene rings is 1. The summed E-state index contributed by atoms with van der Waals surface area (Å²) in [5, 5.41) is 12.7. The van der Waals surface area contributed by atoms with Crippen LogP contribution in [0, 0.1) is 0 Å². The molecule has 1 N–H and O–H groups in total. The number of carbonyl (C=O) groups excluding carboxylic acids is 1. The Morgan fingerprint density at radius 2 is 2.12 bits per heavy atom. The van der Waals surface area contributed by atoms with Gasteiger partial charge < -0.3 is 15.1 Å². The van der Waals surface area contributed by atoms with E-state index in [1.54, 1.807) is 0 Å². The Bertz CT molecular complexity index is 748. The first-order chi connectivity index (χ1) is 12.5. The van der Waals surface area contributed by atoms with E-state index < -0.39 is 0 Å². The van der Waals surface area contributed by atoms with Crippen LogP contribution in [0.15, 0.2) is 28.6 Å². The zero-order chi connectivity index (χ0) is 18.5. The molecule has 140 valence electrons. The summed E-state index contributed by atoms with van der Waals surface area (Å²) in [5.41, 5.74) is 0.864. The Kier molecular flexibility index (Phi) is 6.74. The highest BCUT2D eigenvalue weighted by molar-refractivity contribution is 8.02. The molecule has 0 saturated carbocycles. The number of rotatable bonds is 6. The molecule has 0 spiro atoms. The van der Waals surface area contributed by atoms with Gasteiger partial charge in [-0.2, -0.15) is 0 Å². The standard InChI is InChI=1S/C17H22ClN5OS2/c1-3-22-7-9-23(10-8-22)15(24)12(2)25-17-21-20-16(26-17)19-14-6-4-5-13(18)11-14/h4-6,11-12H,3,7-10H2,1-2H3,(H,19,20)/t12-/m1/s1. The highest BCUT2D eigenvalue weighted by Gasteiger charge is 2.25. The molecule has 3 rings (SSSR count). The van der Waals surface area contributed by atoms with E-state index >= 15 is 0 Å². The van der Waals surface area contributed by atoms with Gasteiger partial charge in [-0.15, -0.1) is 10.2 Å². The van der Waals surface area contributed by atoms with Crippen LogP contribution in [-0.2, 0) is 4.79 Å². The number of halogens is 1. The molecule has 2 heterocycles. The maximum atomic E-state index is 12.6. The third-order valence-electron chi connectivity index (χ3n) is 4.24. The molecule has 26 heavy (non-hydrogen) atoms. The predicted molar refractivity (Wildman–Crippen MR) is 109 cm³/mol. The molecule has 1 aromatic carbocycles. The monoisotopic (exact) mass is 411 g/mol. The first-order valence-corrected chi connectivity index (χ1v) is 10.7. The molecule has 0 radical (unpaired) electrons. The van der Waals surface area contributed by atoms with Gasteiger partial charge in [0.25, 0.3) is 0 Å². The van der Waals surface area contributed by atoms with Crippen LogP contribution in [0.2, 0.25) is 5.02 Å². The van der Waals surface area contributed by atoms with Crippen molar-refractivity contribution >= 4 is 51.4 Å². The summed E-state index contributed by atoms with van der Waals surface area (Å²) < 4.78 is 0.780. The van der Waals surface area contributed by atoms with Gasteiger partial charge in [0.15, 0.2) is 4.34 Å². The van der Waals surface area contributed by atoms with Crippen LogP contribution in [0.4, 0.5) is 10.8 Å². The van der Waals surface area contributed by atoms with Crippen LogP contribution >= 0.6 is 34.7 Å². The van der Waals surface area contributed by atoms with Crippen molar-refractivity contribution in [1.29, 1.82) is 0 Å². The molecular weight excluding hydrogens is 390 g/mol. The lowest BCUT2D eigenvalue weighted by atomic mass is 10.3. The quantitative estimate of drug-likeness (QED) is 0.733. The average molecular weight is 412 g/mol. The van der Waals surface area contributed by atoms with E-state index in [9.17, 15) is 4.79 Å². The lowest BCUT2D eigenvalue weighted by Crippen LogP contribution is -2.50. The molecule has 0 bridgehead atoms. The van der Waals surface area contributed by atoms with Crippen molar-refractivity contribution in [2.75, 3.05) is 38.0 Å². The third-order valence-corrected chi connectivity index (χ3v) is 6.48. The normalized spacial score (nSPS) is 16.5. The van der Waals surface area contributed by atoms with Crippen molar-refractivity contribution in [3.63, 3.8) is 0 Å². The fraction of sp³-hybridized carbons (Fsp3) is 0.471. The van der Waals surface area contributed by atoms with E-state index in [0.29, 0.717) is 10.2 Å². The van der Waals surface area contributed by atoms with Crippen LogP contribution in [-0.4, -0.2) is 63.9 Å². The van der Waals surface area contributed by atoms with Crippen LogP contribution in [0.1, 0.15) is 13.8 Å². The number of nitrogens with one attached hydrogen (secondary N) is 1. The molecule has 1 aliphatic rings. The average Bonchev–Trinajstić information content (AvgIpc) is 3.08. The van der Waals surface area contributed by atoms with E-state index in [4.69, 9.17) is 11.6 Å². The summed E-state index contributed by atoms with van der Waals surface area (Å²) in [7, 11) is 0. The van der Waals surface area contributed by atoms with Crippen molar-refractivity contribution in [2.45, 2.75) is 23.4 Å². The molecule has 0 aliphatic carbocycles. The number of likely N-dealkylation sites (N-methyl/N-ethyl adjacent to an activating group) is 1. The third kappa shape index (κ3) is 5.09. The molecule has 1 saturated heterocycles. The van der Waals surface area contributed by atoms with Gasteiger partial charge in [-0.05, 0) is 31.7 Å². The van der Waals surface area contributed by atoms with Gasteiger partial charge in [-0.25, -0.2) is 0 Å². The number of hydrogen-bond acceptors (Lipinski definition) is 7. The molecule has 1 atom stereocenters. The number of nitrogens with zero attached hydrogens (tertiary/aromatic N) is 4. The van der Waals surface area contributed by atoms with Gasteiger partial charge in [-0.1, -0.05) is 47.7 Å². The van der Waals surface area contributed by atoms with Gasteiger partial charge >= 0.3 is 0 Å². The smallest absolute Gasteiger partial charge is 0.235 e. The zero-order valence-electron chi connectivity index (χ0n) is 14.8. The molecule has 2 aromatic rings. The predicted octanol–water partition coefficient (Wildman–Crippen LogP) is 3.58. The largest absolute Gasteiger partial charge is 0.339 e. The Balaban J connectivity index is 1.54. The lowest BCUT2D eigenvalue weighted by molar-refractivity contribution is -0.132. The van der Waals surface area contributed by atoms with Gasteiger partial charge in [0, 0.05) is 36.9 Å². The fourth-order valence-corrected chi connectivity index (χ4v) is 4.93. The molecule has 1 amide bonds. The fourth-order valence-electron chi connectivity index (χ4n) is 2.74. The Morgan fingerprint density at radius 3 is 2.81 bits per heavy atom. The van der Waals surface area contributed by atoms with Crippen molar-refractivity contribution in [2.24, 2.45) is 0 Å². The minimum absolute atomic E-state index is 0.171. The second-order valence-electron chi connectivity index (χ2n) is 6.03. The van der Waals surface area contributed by atoms with E-state index in [1.807, 2.05) is 36.1 Å². The summed E-state index contributed by atoms with van der Waals surface area (Å²) in [6, 6.07) is 7.45. The Hall–Kier alpha value is -1.35. The van der Waals surface area contributed by atoms with E-state index in [1.165, 1.54) is 23.1 Å². The Labute approximate surface area is 166 Å². The summed E-state index contributed by atoms with van der Waals surface area (Å²) in [5.74, 6) is 0.172. The number of amides is 1. The van der Waals surface area contributed by atoms with Crippen LogP contribution in [0.3, 0.4) is 0 Å². The molecule has 0 unspecified atom stereocenters. The van der Waals surface area contributed by atoms with E-state index in [-0.39, 0.29) is 11.2 Å². The number of carbonyl (C=O) groups is 1. The number of anilines is 2. The molecule has 1 aliphatic heterocycles. The summed E-state index contributed by atoms with van der Waals surface area (Å²) in [4.78, 5) is 17.0. The van der Waals surface area contributed by atoms with Gasteiger partial charge in [0.1, 0.15) is 0 Å². The van der Waals surface area contributed by atoms with Crippen molar-refractivity contribution in [3.8, 4) is 0 Å². The maximum absolute atomic E-state index is 12.6. The van der Waals surface area contributed by atoms with Gasteiger partial charge in [0.05, 0.1) is 5.25 Å².